The van der Waals surface area contributed by atoms with Crippen LogP contribution in [-0.2, 0) is 4.74 Å². The molecule has 2 aliphatic heterocycles. The number of azo groups is 1. The number of hydrogen-bond acceptors (Lipinski definition) is 9. The van der Waals surface area contributed by atoms with Crippen LogP contribution in [0.3, 0.4) is 0 Å². The summed E-state index contributed by atoms with van der Waals surface area (Å²) in [6.45, 7) is 12.6. The number of furan rings is 1. The molecule has 1 amide bonds. The van der Waals surface area contributed by atoms with Gasteiger partial charge in [0.15, 0.2) is 17.3 Å². The maximum atomic E-state index is 12.5. The van der Waals surface area contributed by atoms with Crippen LogP contribution in [0.2, 0.25) is 0 Å². The average Bonchev–Trinajstić information content (AvgIpc) is 3.44. The molecule has 1 unspecified atom stereocenters. The molecule has 0 aliphatic carbocycles. The summed E-state index contributed by atoms with van der Waals surface area (Å²) in [5.41, 5.74) is 2.23. The van der Waals surface area contributed by atoms with Crippen LogP contribution < -0.4 is 4.74 Å². The number of hydrogen-bond donors (Lipinski definition) is 1. The molecule has 0 spiro atoms. The molecule has 1 fully saturated rings. The van der Waals surface area contributed by atoms with E-state index in [2.05, 4.69) is 27.0 Å². The fourth-order valence-corrected chi connectivity index (χ4v) is 4.81. The summed E-state index contributed by atoms with van der Waals surface area (Å²) >= 11 is 0. The monoisotopic (exact) mass is 519 g/mol. The van der Waals surface area contributed by atoms with Gasteiger partial charge in [0, 0.05) is 50.1 Å². The van der Waals surface area contributed by atoms with E-state index < -0.39 is 5.60 Å². The first-order valence-corrected chi connectivity index (χ1v) is 12.9. The van der Waals surface area contributed by atoms with Crippen molar-refractivity contribution < 1.29 is 23.8 Å². The Hall–Kier alpha value is -3.92. The van der Waals surface area contributed by atoms with Crippen molar-refractivity contribution in [3.63, 3.8) is 0 Å². The summed E-state index contributed by atoms with van der Waals surface area (Å²) < 4.78 is 17.8. The van der Waals surface area contributed by atoms with Gasteiger partial charge < -0.3 is 23.9 Å². The van der Waals surface area contributed by atoms with Crippen LogP contribution in [0.1, 0.15) is 57.5 Å². The molecule has 200 valence electrons. The minimum absolute atomic E-state index is 0.0336. The first kappa shape index (κ1) is 25.7. The molecule has 1 N–H and O–H groups in total. The van der Waals surface area contributed by atoms with Gasteiger partial charge in [0.2, 0.25) is 0 Å². The molecule has 1 atom stereocenters. The highest BCUT2D eigenvalue weighted by molar-refractivity contribution is 5.95. The maximum absolute atomic E-state index is 12.5. The van der Waals surface area contributed by atoms with E-state index in [4.69, 9.17) is 13.9 Å². The number of carbonyl (C=O) groups is 1. The van der Waals surface area contributed by atoms with E-state index in [0.29, 0.717) is 66.8 Å². The molecule has 10 nitrogen and oxygen atoms in total. The van der Waals surface area contributed by atoms with Crippen LogP contribution in [0.5, 0.6) is 11.5 Å². The van der Waals surface area contributed by atoms with Crippen molar-refractivity contribution in [1.82, 2.24) is 14.8 Å². The molecule has 0 saturated carbocycles. The lowest BCUT2D eigenvalue weighted by molar-refractivity contribution is 0.0109. The molecule has 4 heterocycles. The minimum Gasteiger partial charge on any atom is -0.504 e. The van der Waals surface area contributed by atoms with Crippen molar-refractivity contribution >= 4 is 34.7 Å². The summed E-state index contributed by atoms with van der Waals surface area (Å²) in [4.78, 5) is 20.8. The van der Waals surface area contributed by atoms with E-state index in [-0.39, 0.29) is 17.9 Å². The van der Waals surface area contributed by atoms with Crippen LogP contribution >= 0.6 is 0 Å². The largest absolute Gasteiger partial charge is 0.504 e. The standard InChI is InChI=1S/C28H33N5O5/c1-6-36-21-10-9-19-24(34)22(16-20-18-8-7-11-29-26(18)31-30-20)37-25(19)23(21)17(2)32-12-14-33(15-13-32)27(35)38-28(3,4)5/h7-11,16-17,34H,6,12-15H2,1-5H3. The number of aromatic nitrogens is 1. The SMILES string of the molecule is CCOc1ccc2c(O)c(C=C3N=Nc4ncccc43)oc2c1C(C)N1CCN(C(=O)OC(C)(C)C)CC1. The Bertz CT molecular complexity index is 1410. The molecule has 38 heavy (non-hydrogen) atoms. The number of nitrogens with zero attached hydrogens (tertiary/aromatic N) is 5. The third-order valence-electron chi connectivity index (χ3n) is 6.67. The molecule has 1 aromatic carbocycles. The minimum atomic E-state index is -0.531. The van der Waals surface area contributed by atoms with Gasteiger partial charge in [0.1, 0.15) is 22.6 Å². The van der Waals surface area contributed by atoms with Gasteiger partial charge in [-0.1, -0.05) is 0 Å². The van der Waals surface area contributed by atoms with Gasteiger partial charge >= 0.3 is 6.09 Å². The Morgan fingerprint density at radius 1 is 1.18 bits per heavy atom. The maximum Gasteiger partial charge on any atom is 0.410 e. The van der Waals surface area contributed by atoms with Crippen molar-refractivity contribution in [2.45, 2.75) is 46.3 Å². The second kappa shape index (κ2) is 10.1. The molecule has 2 aromatic heterocycles. The summed E-state index contributed by atoms with van der Waals surface area (Å²) in [7, 11) is 0. The van der Waals surface area contributed by atoms with E-state index in [9.17, 15) is 9.90 Å². The number of ether oxygens (including phenoxy) is 2. The number of rotatable bonds is 5. The third-order valence-corrected chi connectivity index (χ3v) is 6.67. The first-order chi connectivity index (χ1) is 18.2. The Morgan fingerprint density at radius 3 is 2.66 bits per heavy atom. The number of benzene rings is 1. The van der Waals surface area contributed by atoms with E-state index in [1.54, 1.807) is 17.2 Å². The molecular weight excluding hydrogens is 486 g/mol. The van der Waals surface area contributed by atoms with Crippen molar-refractivity contribution in [3.05, 3.63) is 47.3 Å². The topological polar surface area (TPSA) is 113 Å². The van der Waals surface area contributed by atoms with E-state index in [0.717, 1.165) is 11.1 Å². The first-order valence-electron chi connectivity index (χ1n) is 12.9. The van der Waals surface area contributed by atoms with Crippen molar-refractivity contribution in [1.29, 1.82) is 0 Å². The van der Waals surface area contributed by atoms with Gasteiger partial charge in [-0.2, -0.15) is 0 Å². The molecule has 10 heteroatoms. The highest BCUT2D eigenvalue weighted by atomic mass is 16.6. The normalized spacial score (nSPS) is 17.7. The summed E-state index contributed by atoms with van der Waals surface area (Å²) in [6.07, 6.45) is 3.05. The smallest absolute Gasteiger partial charge is 0.410 e. The molecule has 0 radical (unpaired) electrons. The molecule has 3 aromatic rings. The highest BCUT2D eigenvalue weighted by Crippen LogP contribution is 2.44. The highest BCUT2D eigenvalue weighted by Gasteiger charge is 2.31. The van der Waals surface area contributed by atoms with Gasteiger partial charge in [-0.05, 0) is 58.9 Å². The van der Waals surface area contributed by atoms with Gasteiger partial charge in [-0.15, -0.1) is 10.2 Å². The average molecular weight is 520 g/mol. The van der Waals surface area contributed by atoms with Gasteiger partial charge in [0.25, 0.3) is 0 Å². The lowest BCUT2D eigenvalue weighted by Gasteiger charge is -2.38. The van der Waals surface area contributed by atoms with Gasteiger partial charge in [-0.25, -0.2) is 9.78 Å². The van der Waals surface area contributed by atoms with Crippen LogP contribution in [0.25, 0.3) is 22.7 Å². The van der Waals surface area contributed by atoms with Gasteiger partial charge in [0.05, 0.1) is 17.6 Å². The number of carbonyl (C=O) groups excluding carboxylic acids is 1. The van der Waals surface area contributed by atoms with Crippen LogP contribution in [-0.4, -0.2) is 64.4 Å². The molecule has 5 rings (SSSR count). The number of aromatic hydroxyl groups is 1. The fourth-order valence-electron chi connectivity index (χ4n) is 4.81. The Morgan fingerprint density at radius 2 is 1.95 bits per heavy atom. The second-order valence-corrected chi connectivity index (χ2v) is 10.4. The summed E-state index contributed by atoms with van der Waals surface area (Å²) in [6, 6.07) is 7.28. The Labute approximate surface area is 221 Å². The number of piperazine rings is 1. The molecule has 1 saturated heterocycles. The van der Waals surface area contributed by atoms with Gasteiger partial charge in [-0.3, -0.25) is 4.90 Å². The lowest BCUT2D eigenvalue weighted by Crippen LogP contribution is -2.50. The van der Waals surface area contributed by atoms with Crippen molar-refractivity contribution in [3.8, 4) is 11.5 Å². The van der Waals surface area contributed by atoms with Crippen LogP contribution in [0.4, 0.5) is 10.6 Å². The number of fused-ring (bicyclic) bond motifs is 2. The van der Waals surface area contributed by atoms with Crippen LogP contribution in [0, 0.1) is 0 Å². The van der Waals surface area contributed by atoms with Crippen LogP contribution in [0.15, 0.2) is 45.1 Å². The lowest BCUT2D eigenvalue weighted by atomic mass is 10.0. The van der Waals surface area contributed by atoms with E-state index in [1.165, 1.54) is 0 Å². The molecule has 0 bridgehead atoms. The van der Waals surface area contributed by atoms with Crippen molar-refractivity contribution in [2.24, 2.45) is 10.2 Å². The van der Waals surface area contributed by atoms with Crippen molar-refractivity contribution in [2.75, 3.05) is 32.8 Å². The quantitative estimate of drug-likeness (QED) is 0.431. The van der Waals surface area contributed by atoms with E-state index in [1.807, 2.05) is 52.0 Å². The predicted octanol–water partition coefficient (Wildman–Crippen LogP) is 6.14. The zero-order valence-corrected chi connectivity index (χ0v) is 22.4. The number of pyridine rings is 1. The fraction of sp³-hybridized carbons (Fsp3) is 0.429. The zero-order valence-electron chi connectivity index (χ0n) is 22.4. The summed E-state index contributed by atoms with van der Waals surface area (Å²) in [5.74, 6) is 1.56. The predicted molar refractivity (Wildman–Crippen MR) is 143 cm³/mol. The Balaban J connectivity index is 1.45. The van der Waals surface area contributed by atoms with E-state index >= 15 is 0 Å². The zero-order chi connectivity index (χ0) is 27.0. The third kappa shape index (κ3) is 4.96. The number of amides is 1. The molecule has 2 aliphatic rings. The Kier molecular flexibility index (Phi) is 6.83. The summed E-state index contributed by atoms with van der Waals surface area (Å²) in [5, 5.41) is 20.0. The second-order valence-electron chi connectivity index (χ2n) is 10.4. The molecular formula is C28H33N5O5.